The van der Waals surface area contributed by atoms with Gasteiger partial charge in [-0.3, -0.25) is 0 Å². The number of benzene rings is 4. The molecule has 0 aliphatic heterocycles. The van der Waals surface area contributed by atoms with E-state index in [4.69, 9.17) is 14.5 Å². The van der Waals surface area contributed by atoms with Crippen molar-refractivity contribution in [1.29, 1.82) is 0 Å². The number of methoxy groups -OCH3 is 2. The van der Waals surface area contributed by atoms with Gasteiger partial charge >= 0.3 is 0 Å². The highest BCUT2D eigenvalue weighted by atomic mass is 32.2. The summed E-state index contributed by atoms with van der Waals surface area (Å²) in [6.45, 7) is 1.15. The summed E-state index contributed by atoms with van der Waals surface area (Å²) in [5.41, 5.74) is 5.69. The molecule has 218 valence electrons. The molecule has 5 rings (SSSR count). The van der Waals surface area contributed by atoms with Crippen LogP contribution in [0.3, 0.4) is 0 Å². The van der Waals surface area contributed by atoms with Gasteiger partial charge in [-0.15, -0.1) is 0 Å². The van der Waals surface area contributed by atoms with Gasteiger partial charge in [-0.2, -0.15) is 0 Å². The number of aryl methyl sites for hydroxylation is 1. The van der Waals surface area contributed by atoms with Crippen LogP contribution in [0.5, 0.6) is 11.5 Å². The normalized spacial score (nSPS) is 11.5. The summed E-state index contributed by atoms with van der Waals surface area (Å²) in [6.07, 6.45) is 2.83. The molecule has 0 aliphatic carbocycles. The molecule has 1 heterocycles. The second kappa shape index (κ2) is 11.7. The number of ether oxygens (including phenoxy) is 2. The van der Waals surface area contributed by atoms with E-state index in [1.165, 1.54) is 12.1 Å². The summed E-state index contributed by atoms with van der Waals surface area (Å²) in [6, 6.07) is 23.8. The molecule has 0 spiro atoms. The highest BCUT2D eigenvalue weighted by Crippen LogP contribution is 2.37. The minimum atomic E-state index is -3.54. The Morgan fingerprint density at radius 2 is 1.40 bits per heavy atom. The van der Waals surface area contributed by atoms with E-state index in [9.17, 15) is 8.42 Å². The van der Waals surface area contributed by atoms with E-state index in [1.54, 1.807) is 32.5 Å². The van der Waals surface area contributed by atoms with Crippen LogP contribution in [0, 0.1) is 5.82 Å². The lowest BCUT2D eigenvalue weighted by atomic mass is 10.1. The summed E-state index contributed by atoms with van der Waals surface area (Å²) in [4.78, 5) is 8.62. The van der Waals surface area contributed by atoms with Crippen molar-refractivity contribution in [2.24, 2.45) is 7.05 Å². The highest BCUT2D eigenvalue weighted by molar-refractivity contribution is 7.90. The lowest BCUT2D eigenvalue weighted by Crippen LogP contribution is -2.23. The van der Waals surface area contributed by atoms with Crippen LogP contribution < -0.4 is 19.3 Å². The van der Waals surface area contributed by atoms with Gasteiger partial charge in [-0.05, 0) is 65.7 Å². The molecule has 0 amide bonds. The number of hydrogen-bond acceptors (Lipinski definition) is 7. The molecule has 1 aromatic heterocycles. The molecule has 0 unspecified atom stereocenters. The number of halogens is 1. The van der Waals surface area contributed by atoms with Crippen LogP contribution in [-0.2, 0) is 30.0 Å². The zero-order valence-electron chi connectivity index (χ0n) is 24.2. The fourth-order valence-corrected chi connectivity index (χ4v) is 5.52. The standard InChI is InChI=1S/C32H33FN4O4S/c1-35-21-34-32-30(35)16-24(36(2)29-15-14-27(18-28(29)33)42(5,38)39)17-31(32)37(19-22-6-10-25(40-3)11-7-22)20-23-8-12-26(41-4)13-9-23/h6-18,21H,19-20H2,1-5H3. The van der Waals surface area contributed by atoms with Crippen LogP contribution in [0.25, 0.3) is 11.0 Å². The predicted molar refractivity (Wildman–Crippen MR) is 164 cm³/mol. The van der Waals surface area contributed by atoms with Crippen molar-refractivity contribution in [2.75, 3.05) is 37.3 Å². The van der Waals surface area contributed by atoms with Gasteiger partial charge in [0, 0.05) is 39.1 Å². The zero-order chi connectivity index (χ0) is 30.0. The molecule has 4 aromatic carbocycles. The Kier molecular flexibility index (Phi) is 8.08. The first kappa shape index (κ1) is 28.9. The van der Waals surface area contributed by atoms with Crippen molar-refractivity contribution < 1.29 is 22.3 Å². The lowest BCUT2D eigenvalue weighted by molar-refractivity contribution is 0.414. The minimum Gasteiger partial charge on any atom is -0.497 e. The Morgan fingerprint density at radius 3 is 1.90 bits per heavy atom. The van der Waals surface area contributed by atoms with Crippen LogP contribution in [0.15, 0.2) is 90.1 Å². The molecule has 0 N–H and O–H groups in total. The molecule has 0 bridgehead atoms. The molecular weight excluding hydrogens is 555 g/mol. The van der Waals surface area contributed by atoms with Gasteiger partial charge in [0.1, 0.15) is 22.8 Å². The zero-order valence-corrected chi connectivity index (χ0v) is 25.0. The summed E-state index contributed by atoms with van der Waals surface area (Å²) in [5.74, 6) is 0.931. The van der Waals surface area contributed by atoms with E-state index in [0.717, 1.165) is 57.4 Å². The van der Waals surface area contributed by atoms with Gasteiger partial charge in [0.15, 0.2) is 9.84 Å². The van der Waals surface area contributed by atoms with E-state index in [2.05, 4.69) is 4.90 Å². The molecule has 42 heavy (non-hydrogen) atoms. The molecule has 0 radical (unpaired) electrons. The van der Waals surface area contributed by atoms with Crippen LogP contribution in [0.4, 0.5) is 21.5 Å². The maximum Gasteiger partial charge on any atom is 0.175 e. The third-order valence-electron chi connectivity index (χ3n) is 7.30. The van der Waals surface area contributed by atoms with E-state index in [0.29, 0.717) is 13.1 Å². The topological polar surface area (TPSA) is 76.9 Å². The smallest absolute Gasteiger partial charge is 0.175 e. The number of nitrogens with zero attached hydrogens (tertiary/aromatic N) is 4. The minimum absolute atomic E-state index is 0.0647. The van der Waals surface area contributed by atoms with Gasteiger partial charge in [0.25, 0.3) is 0 Å². The van der Waals surface area contributed by atoms with Gasteiger partial charge in [0.2, 0.25) is 0 Å². The average Bonchev–Trinajstić information content (AvgIpc) is 3.36. The Hall–Kier alpha value is -4.57. The second-order valence-corrected chi connectivity index (χ2v) is 12.2. The molecule has 0 aliphatic rings. The van der Waals surface area contributed by atoms with Crippen LogP contribution in [-0.4, -0.2) is 45.5 Å². The molecule has 0 saturated carbocycles. The first-order valence-corrected chi connectivity index (χ1v) is 15.2. The second-order valence-electron chi connectivity index (χ2n) is 10.2. The molecule has 10 heteroatoms. The third kappa shape index (κ3) is 6.03. The fraction of sp³-hybridized carbons (Fsp3) is 0.219. The van der Waals surface area contributed by atoms with E-state index >= 15 is 4.39 Å². The summed E-state index contributed by atoms with van der Waals surface area (Å²) in [5, 5.41) is 0. The molecular formula is C32H33FN4O4S. The maximum absolute atomic E-state index is 15.3. The van der Waals surface area contributed by atoms with E-state index < -0.39 is 15.7 Å². The average molecular weight is 589 g/mol. The van der Waals surface area contributed by atoms with Crippen molar-refractivity contribution >= 4 is 37.9 Å². The number of fused-ring (bicyclic) bond motifs is 1. The van der Waals surface area contributed by atoms with Crippen molar-refractivity contribution in [3.05, 3.63) is 102 Å². The summed E-state index contributed by atoms with van der Waals surface area (Å²) >= 11 is 0. The number of imidazole rings is 1. The van der Waals surface area contributed by atoms with Gasteiger partial charge in [-0.25, -0.2) is 17.8 Å². The van der Waals surface area contributed by atoms with Crippen LogP contribution in [0.2, 0.25) is 0 Å². The summed E-state index contributed by atoms with van der Waals surface area (Å²) in [7, 11) is 3.42. The van der Waals surface area contributed by atoms with Crippen molar-refractivity contribution in [3.8, 4) is 11.5 Å². The number of anilines is 3. The van der Waals surface area contributed by atoms with E-state index in [1.807, 2.05) is 72.3 Å². The Labute approximate surface area is 245 Å². The molecule has 5 aromatic rings. The number of aromatic nitrogens is 2. The Balaban J connectivity index is 1.61. The molecule has 8 nitrogen and oxygen atoms in total. The SMILES string of the molecule is COc1ccc(CN(Cc2ccc(OC)cc2)c2cc(N(C)c3ccc(S(C)(=O)=O)cc3F)cc3c2ncn3C)cc1. The summed E-state index contributed by atoms with van der Waals surface area (Å²) < 4.78 is 51.8. The number of sulfone groups is 1. The third-order valence-corrected chi connectivity index (χ3v) is 8.41. The quantitative estimate of drug-likeness (QED) is 0.195. The largest absolute Gasteiger partial charge is 0.497 e. The maximum atomic E-state index is 15.3. The lowest BCUT2D eigenvalue weighted by Gasteiger charge is -2.28. The molecule has 0 fully saturated rings. The Morgan fingerprint density at radius 1 is 0.833 bits per heavy atom. The van der Waals surface area contributed by atoms with Crippen molar-refractivity contribution in [3.63, 3.8) is 0 Å². The monoisotopic (exact) mass is 588 g/mol. The highest BCUT2D eigenvalue weighted by Gasteiger charge is 2.20. The van der Waals surface area contributed by atoms with Crippen LogP contribution >= 0.6 is 0 Å². The predicted octanol–water partition coefficient (Wildman–Crippen LogP) is 6.11. The first-order chi connectivity index (χ1) is 20.1. The number of hydrogen-bond donors (Lipinski definition) is 0. The van der Waals surface area contributed by atoms with Crippen molar-refractivity contribution in [1.82, 2.24) is 9.55 Å². The number of rotatable bonds is 10. The molecule has 0 saturated heterocycles. The fourth-order valence-electron chi connectivity index (χ4n) is 4.89. The Bertz CT molecular complexity index is 1770. The van der Waals surface area contributed by atoms with Crippen molar-refractivity contribution in [2.45, 2.75) is 18.0 Å². The first-order valence-electron chi connectivity index (χ1n) is 13.3. The van der Waals surface area contributed by atoms with Gasteiger partial charge in [0.05, 0.1) is 42.3 Å². The molecule has 0 atom stereocenters. The van der Waals surface area contributed by atoms with E-state index in [-0.39, 0.29) is 10.6 Å². The van der Waals surface area contributed by atoms with Gasteiger partial charge in [-0.1, -0.05) is 24.3 Å². The van der Waals surface area contributed by atoms with Crippen LogP contribution in [0.1, 0.15) is 11.1 Å². The van der Waals surface area contributed by atoms with Gasteiger partial charge < -0.3 is 23.8 Å².